The number of hydrogen-bond donors (Lipinski definition) is 1. The molecule has 0 aliphatic carbocycles. The molecule has 1 fully saturated rings. The number of allylic oxidation sites excluding steroid dienone is 1. The number of carbonyl (C=O) groups excluding carboxylic acids is 1. The first-order valence-electron chi connectivity index (χ1n) is 8.04. The van der Waals surface area contributed by atoms with E-state index in [0.29, 0.717) is 29.9 Å². The third-order valence-corrected chi connectivity index (χ3v) is 6.33. The number of benzene rings is 1. The fourth-order valence-electron chi connectivity index (χ4n) is 3.23. The zero-order chi connectivity index (χ0) is 16.6. The van der Waals surface area contributed by atoms with Crippen LogP contribution in [-0.2, 0) is 14.8 Å². The van der Waals surface area contributed by atoms with Crippen LogP contribution in [0, 0.1) is 0 Å². The van der Waals surface area contributed by atoms with Gasteiger partial charge in [-0.3, -0.25) is 4.79 Å². The van der Waals surface area contributed by atoms with Crippen LogP contribution >= 0.6 is 0 Å². The van der Waals surface area contributed by atoms with Gasteiger partial charge in [0.15, 0.2) is 0 Å². The van der Waals surface area contributed by atoms with Crippen LogP contribution in [0.25, 0.3) is 5.57 Å². The summed E-state index contributed by atoms with van der Waals surface area (Å²) >= 11 is 0. The van der Waals surface area contributed by atoms with E-state index in [9.17, 15) is 13.2 Å². The maximum atomic E-state index is 12.9. The Morgan fingerprint density at radius 3 is 2.35 bits per heavy atom. The van der Waals surface area contributed by atoms with Crippen molar-refractivity contribution in [1.29, 1.82) is 0 Å². The first-order chi connectivity index (χ1) is 10.9. The molecule has 23 heavy (non-hydrogen) atoms. The second-order valence-electron chi connectivity index (χ2n) is 6.35. The number of anilines is 1. The zero-order valence-electron chi connectivity index (χ0n) is 13.6. The largest absolute Gasteiger partial charge is 0.321 e. The van der Waals surface area contributed by atoms with Crippen molar-refractivity contribution in [3.8, 4) is 0 Å². The number of sulfonamides is 1. The molecule has 0 atom stereocenters. The molecule has 1 saturated heterocycles. The van der Waals surface area contributed by atoms with Crippen molar-refractivity contribution in [2.75, 3.05) is 18.4 Å². The number of amides is 1. The average Bonchev–Trinajstić information content (AvgIpc) is 2.66. The highest BCUT2D eigenvalue weighted by molar-refractivity contribution is 7.89. The number of nitrogens with zero attached hydrogens (tertiary/aromatic N) is 1. The summed E-state index contributed by atoms with van der Waals surface area (Å²) in [6.07, 6.45) is 3.97. The lowest BCUT2D eigenvalue weighted by atomic mass is 10.0. The van der Waals surface area contributed by atoms with E-state index in [1.54, 1.807) is 22.5 Å². The lowest BCUT2D eigenvalue weighted by Crippen LogP contribution is -2.31. The molecule has 0 aromatic heterocycles. The van der Waals surface area contributed by atoms with Crippen LogP contribution < -0.4 is 5.32 Å². The molecule has 0 bridgehead atoms. The molecule has 6 heteroatoms. The van der Waals surface area contributed by atoms with Gasteiger partial charge in [-0.15, -0.1) is 0 Å². The molecule has 1 amide bonds. The molecular weight excluding hydrogens is 312 g/mol. The van der Waals surface area contributed by atoms with Crippen LogP contribution in [0.5, 0.6) is 0 Å². The molecule has 1 aromatic rings. The Bertz CT molecular complexity index is 769. The Morgan fingerprint density at radius 2 is 1.74 bits per heavy atom. The third-order valence-electron chi connectivity index (χ3n) is 4.44. The van der Waals surface area contributed by atoms with Crippen LogP contribution in [0.4, 0.5) is 5.69 Å². The van der Waals surface area contributed by atoms with E-state index in [4.69, 9.17) is 0 Å². The quantitative estimate of drug-likeness (QED) is 0.846. The molecule has 124 valence electrons. The summed E-state index contributed by atoms with van der Waals surface area (Å²) in [4.78, 5) is 12.3. The Kier molecular flexibility index (Phi) is 4.29. The van der Waals surface area contributed by atoms with E-state index in [1.165, 1.54) is 0 Å². The van der Waals surface area contributed by atoms with Crippen molar-refractivity contribution in [1.82, 2.24) is 4.31 Å². The van der Waals surface area contributed by atoms with Gasteiger partial charge in [0.25, 0.3) is 5.91 Å². The van der Waals surface area contributed by atoms with E-state index in [-0.39, 0.29) is 10.8 Å². The van der Waals surface area contributed by atoms with E-state index >= 15 is 0 Å². The number of fused-ring (bicyclic) bond motifs is 1. The summed E-state index contributed by atoms with van der Waals surface area (Å²) in [5.41, 5.74) is 2.82. The van der Waals surface area contributed by atoms with E-state index < -0.39 is 10.0 Å². The van der Waals surface area contributed by atoms with Gasteiger partial charge in [-0.2, -0.15) is 4.31 Å². The molecule has 0 radical (unpaired) electrons. The molecule has 2 aliphatic rings. The van der Waals surface area contributed by atoms with Gasteiger partial charge >= 0.3 is 0 Å². The standard InChI is InChI=1S/C17H22N2O3S/c1-12(2)16-14-11-13(7-8-15(14)18-17(16)20)23(21,22)19-9-5-3-4-6-10-19/h7-8,11H,3-6,9-10H2,1-2H3,(H,18,20). The molecule has 0 unspecified atom stereocenters. The normalized spacial score (nSPS) is 19.2. The van der Waals surface area contributed by atoms with Gasteiger partial charge in [-0.05, 0) is 44.9 Å². The second-order valence-corrected chi connectivity index (χ2v) is 8.29. The van der Waals surface area contributed by atoms with Crippen molar-refractivity contribution in [3.63, 3.8) is 0 Å². The predicted octanol–water partition coefficient (Wildman–Crippen LogP) is 3.00. The second kappa shape index (κ2) is 6.09. The highest BCUT2D eigenvalue weighted by Crippen LogP contribution is 2.36. The van der Waals surface area contributed by atoms with Gasteiger partial charge in [0, 0.05) is 29.9 Å². The summed E-state index contributed by atoms with van der Waals surface area (Å²) in [5.74, 6) is -0.163. The van der Waals surface area contributed by atoms with Gasteiger partial charge in [0.1, 0.15) is 0 Å². The maximum absolute atomic E-state index is 12.9. The first-order valence-corrected chi connectivity index (χ1v) is 9.48. The van der Waals surface area contributed by atoms with E-state index in [1.807, 2.05) is 13.8 Å². The number of carbonyl (C=O) groups is 1. The van der Waals surface area contributed by atoms with Crippen LogP contribution in [0.2, 0.25) is 0 Å². The molecule has 1 aromatic carbocycles. The molecule has 2 heterocycles. The molecular formula is C17H22N2O3S. The van der Waals surface area contributed by atoms with Crippen LogP contribution in [0.15, 0.2) is 28.7 Å². The van der Waals surface area contributed by atoms with Gasteiger partial charge in [-0.1, -0.05) is 18.4 Å². The van der Waals surface area contributed by atoms with E-state index in [0.717, 1.165) is 31.3 Å². The number of nitrogens with one attached hydrogen (secondary N) is 1. The van der Waals surface area contributed by atoms with Crippen molar-refractivity contribution in [2.45, 2.75) is 44.4 Å². The molecule has 2 aliphatic heterocycles. The average molecular weight is 334 g/mol. The number of rotatable bonds is 2. The Labute approximate surface area is 137 Å². The molecule has 3 rings (SSSR count). The summed E-state index contributed by atoms with van der Waals surface area (Å²) in [6, 6.07) is 4.91. The minimum atomic E-state index is -3.50. The minimum absolute atomic E-state index is 0.163. The van der Waals surface area contributed by atoms with Gasteiger partial charge < -0.3 is 5.32 Å². The summed E-state index contributed by atoms with van der Waals surface area (Å²) in [6.45, 7) is 4.87. The molecule has 0 saturated carbocycles. The van der Waals surface area contributed by atoms with Crippen molar-refractivity contribution < 1.29 is 13.2 Å². The summed E-state index contributed by atoms with van der Waals surface area (Å²) in [7, 11) is -3.50. The fraction of sp³-hybridized carbons (Fsp3) is 0.471. The van der Waals surface area contributed by atoms with Crippen LogP contribution in [0.1, 0.15) is 45.1 Å². The van der Waals surface area contributed by atoms with Gasteiger partial charge in [0.2, 0.25) is 10.0 Å². The van der Waals surface area contributed by atoms with Crippen LogP contribution in [0.3, 0.4) is 0 Å². The third kappa shape index (κ3) is 2.93. The Hall–Kier alpha value is -1.66. The zero-order valence-corrected chi connectivity index (χ0v) is 14.4. The van der Waals surface area contributed by atoms with Gasteiger partial charge in [-0.25, -0.2) is 8.42 Å². The Balaban J connectivity index is 2.02. The smallest absolute Gasteiger partial charge is 0.256 e. The summed E-state index contributed by atoms with van der Waals surface area (Å²) in [5, 5.41) is 2.79. The SMILES string of the molecule is CC(C)=C1C(=O)Nc2ccc(S(=O)(=O)N3CCCCCC3)cc21. The lowest BCUT2D eigenvalue weighted by molar-refractivity contribution is -0.110. The van der Waals surface area contributed by atoms with Gasteiger partial charge in [0.05, 0.1) is 4.90 Å². The predicted molar refractivity (Wildman–Crippen MR) is 90.6 cm³/mol. The topological polar surface area (TPSA) is 66.5 Å². The monoisotopic (exact) mass is 334 g/mol. The van der Waals surface area contributed by atoms with Crippen LogP contribution in [-0.4, -0.2) is 31.7 Å². The minimum Gasteiger partial charge on any atom is -0.321 e. The van der Waals surface area contributed by atoms with Crippen molar-refractivity contribution in [2.24, 2.45) is 0 Å². The molecule has 1 N–H and O–H groups in total. The fourth-order valence-corrected chi connectivity index (χ4v) is 4.78. The van der Waals surface area contributed by atoms with Crippen molar-refractivity contribution >= 4 is 27.2 Å². The molecule has 0 spiro atoms. The molecule has 5 nitrogen and oxygen atoms in total. The first kappa shape index (κ1) is 16.2. The van der Waals surface area contributed by atoms with E-state index in [2.05, 4.69) is 5.32 Å². The summed E-state index contributed by atoms with van der Waals surface area (Å²) < 4.78 is 27.4. The van der Waals surface area contributed by atoms with Crippen molar-refractivity contribution in [3.05, 3.63) is 29.3 Å². The highest BCUT2D eigenvalue weighted by atomic mass is 32.2. The maximum Gasteiger partial charge on any atom is 0.256 e. The lowest BCUT2D eigenvalue weighted by Gasteiger charge is -2.20. The highest BCUT2D eigenvalue weighted by Gasteiger charge is 2.30. The Morgan fingerprint density at radius 1 is 1.09 bits per heavy atom. The number of hydrogen-bond acceptors (Lipinski definition) is 3.